The highest BCUT2D eigenvalue weighted by molar-refractivity contribution is 7.09. The molecule has 0 amide bonds. The van der Waals surface area contributed by atoms with E-state index in [9.17, 15) is 10.1 Å². The van der Waals surface area contributed by atoms with Crippen LogP contribution in [-0.2, 0) is 6.54 Å². The van der Waals surface area contributed by atoms with Gasteiger partial charge in [-0.3, -0.25) is 15.1 Å². The minimum Gasteiger partial charge on any atom is -0.359 e. The van der Waals surface area contributed by atoms with E-state index >= 15 is 0 Å². The van der Waals surface area contributed by atoms with Gasteiger partial charge in [-0.15, -0.1) is 11.3 Å². The first-order chi connectivity index (χ1) is 9.11. The fourth-order valence-corrected chi connectivity index (χ4v) is 2.06. The summed E-state index contributed by atoms with van der Waals surface area (Å²) in [7, 11) is 1.66. The number of aryl methyl sites for hydroxylation is 1. The zero-order valence-corrected chi connectivity index (χ0v) is 11.2. The highest BCUT2D eigenvalue weighted by atomic mass is 32.1. The third-order valence-corrected chi connectivity index (χ3v) is 3.16. The molecule has 0 spiro atoms. The number of thiazole rings is 1. The van der Waals surface area contributed by atoms with Crippen LogP contribution in [0.4, 0.5) is 17.5 Å². The van der Waals surface area contributed by atoms with Gasteiger partial charge in [-0.2, -0.15) is 4.98 Å². The molecule has 19 heavy (non-hydrogen) atoms. The van der Waals surface area contributed by atoms with Crippen LogP contribution in [0.3, 0.4) is 0 Å². The van der Waals surface area contributed by atoms with Crippen LogP contribution in [-0.4, -0.2) is 26.9 Å². The molecule has 0 aliphatic rings. The van der Waals surface area contributed by atoms with E-state index in [0.29, 0.717) is 18.2 Å². The number of aromatic nitrogens is 3. The summed E-state index contributed by atoms with van der Waals surface area (Å²) in [6.07, 6.45) is 1.70. The molecule has 0 saturated heterocycles. The van der Waals surface area contributed by atoms with Crippen LogP contribution in [0.15, 0.2) is 11.7 Å². The van der Waals surface area contributed by atoms with Crippen molar-refractivity contribution in [2.24, 2.45) is 0 Å². The molecule has 9 heteroatoms. The highest BCUT2D eigenvalue weighted by Gasteiger charge is 2.21. The second-order valence-corrected chi connectivity index (χ2v) is 4.63. The van der Waals surface area contributed by atoms with Gasteiger partial charge in [-0.1, -0.05) is 0 Å². The van der Waals surface area contributed by atoms with Gasteiger partial charge in [0.1, 0.15) is 5.69 Å². The fourth-order valence-electron chi connectivity index (χ4n) is 1.52. The van der Waals surface area contributed by atoms with E-state index in [1.807, 2.05) is 0 Å². The summed E-state index contributed by atoms with van der Waals surface area (Å²) in [5.41, 5.74) is 1.91. The van der Waals surface area contributed by atoms with Gasteiger partial charge < -0.3 is 10.6 Å². The van der Waals surface area contributed by atoms with Gasteiger partial charge in [-0.05, 0) is 6.92 Å². The fraction of sp³-hybridized carbons (Fsp3) is 0.300. The van der Waals surface area contributed by atoms with E-state index in [-0.39, 0.29) is 11.5 Å². The lowest BCUT2D eigenvalue weighted by Gasteiger charge is -2.08. The highest BCUT2D eigenvalue weighted by Crippen LogP contribution is 2.27. The van der Waals surface area contributed by atoms with Crippen molar-refractivity contribution < 1.29 is 4.92 Å². The van der Waals surface area contributed by atoms with Crippen molar-refractivity contribution in [3.63, 3.8) is 0 Å². The Morgan fingerprint density at radius 2 is 2.26 bits per heavy atom. The van der Waals surface area contributed by atoms with Gasteiger partial charge in [0.2, 0.25) is 11.8 Å². The minimum atomic E-state index is -0.482. The SMILES string of the molecule is CNc1nc(C)c([N+](=O)[O-])c(NCc2cncs2)n1. The van der Waals surface area contributed by atoms with Gasteiger partial charge in [0.15, 0.2) is 0 Å². The number of nitrogens with one attached hydrogen (secondary N) is 2. The quantitative estimate of drug-likeness (QED) is 0.635. The second-order valence-electron chi connectivity index (χ2n) is 3.66. The Morgan fingerprint density at radius 3 is 2.84 bits per heavy atom. The number of rotatable bonds is 5. The lowest BCUT2D eigenvalue weighted by molar-refractivity contribution is -0.385. The van der Waals surface area contributed by atoms with Crippen LogP contribution in [0.5, 0.6) is 0 Å². The summed E-state index contributed by atoms with van der Waals surface area (Å²) in [6, 6.07) is 0. The Labute approximate surface area is 113 Å². The summed E-state index contributed by atoms with van der Waals surface area (Å²) in [5.74, 6) is 0.546. The van der Waals surface area contributed by atoms with E-state index in [2.05, 4.69) is 25.6 Å². The van der Waals surface area contributed by atoms with Crippen molar-refractivity contribution in [1.82, 2.24) is 15.0 Å². The smallest absolute Gasteiger partial charge is 0.332 e. The molecular weight excluding hydrogens is 268 g/mol. The maximum absolute atomic E-state index is 11.1. The van der Waals surface area contributed by atoms with Crippen molar-refractivity contribution in [2.75, 3.05) is 17.7 Å². The van der Waals surface area contributed by atoms with Crippen LogP contribution in [0.1, 0.15) is 10.6 Å². The van der Waals surface area contributed by atoms with E-state index in [1.54, 1.807) is 25.7 Å². The van der Waals surface area contributed by atoms with E-state index < -0.39 is 4.92 Å². The normalized spacial score (nSPS) is 10.2. The van der Waals surface area contributed by atoms with Crippen LogP contribution in [0.25, 0.3) is 0 Å². The number of nitrogens with zero attached hydrogens (tertiary/aromatic N) is 4. The third kappa shape index (κ3) is 2.94. The number of hydrogen-bond acceptors (Lipinski definition) is 8. The number of nitro groups is 1. The Hall–Kier alpha value is -2.29. The average molecular weight is 280 g/mol. The van der Waals surface area contributed by atoms with Crippen molar-refractivity contribution in [1.29, 1.82) is 0 Å². The summed E-state index contributed by atoms with van der Waals surface area (Å²) in [5, 5.41) is 16.8. The molecular formula is C10H12N6O2S. The largest absolute Gasteiger partial charge is 0.359 e. The average Bonchev–Trinajstić information content (AvgIpc) is 2.88. The van der Waals surface area contributed by atoms with Crippen molar-refractivity contribution >= 4 is 28.8 Å². The first-order valence-corrected chi connectivity index (χ1v) is 6.31. The van der Waals surface area contributed by atoms with Crippen molar-refractivity contribution in [2.45, 2.75) is 13.5 Å². The zero-order valence-electron chi connectivity index (χ0n) is 10.4. The molecule has 0 aromatic carbocycles. The molecule has 2 aromatic heterocycles. The number of anilines is 2. The Morgan fingerprint density at radius 1 is 1.47 bits per heavy atom. The third-order valence-electron chi connectivity index (χ3n) is 2.38. The Bertz CT molecular complexity index is 586. The lowest BCUT2D eigenvalue weighted by Crippen LogP contribution is -2.09. The summed E-state index contributed by atoms with van der Waals surface area (Å²) < 4.78 is 0. The van der Waals surface area contributed by atoms with Crippen LogP contribution < -0.4 is 10.6 Å². The van der Waals surface area contributed by atoms with Crippen LogP contribution in [0, 0.1) is 17.0 Å². The molecule has 0 bridgehead atoms. The minimum absolute atomic E-state index is 0.108. The first-order valence-electron chi connectivity index (χ1n) is 5.44. The molecule has 0 fully saturated rings. The molecule has 0 atom stereocenters. The first kappa shape index (κ1) is 13.1. The molecule has 2 N–H and O–H groups in total. The van der Waals surface area contributed by atoms with E-state index in [1.165, 1.54) is 11.3 Å². The van der Waals surface area contributed by atoms with Crippen LogP contribution >= 0.6 is 11.3 Å². The predicted octanol–water partition coefficient (Wildman–Crippen LogP) is 1.80. The maximum atomic E-state index is 11.1. The van der Waals surface area contributed by atoms with Gasteiger partial charge in [0.25, 0.3) is 0 Å². The summed E-state index contributed by atoms with van der Waals surface area (Å²) in [6.45, 7) is 2.02. The van der Waals surface area contributed by atoms with Crippen LogP contribution in [0.2, 0.25) is 0 Å². The number of hydrogen-bond donors (Lipinski definition) is 2. The molecule has 2 aromatic rings. The molecule has 0 aliphatic carbocycles. The summed E-state index contributed by atoms with van der Waals surface area (Å²) in [4.78, 5) is 23.6. The zero-order chi connectivity index (χ0) is 13.8. The van der Waals surface area contributed by atoms with Gasteiger partial charge in [-0.25, -0.2) is 4.98 Å². The summed E-state index contributed by atoms with van der Waals surface area (Å²) >= 11 is 1.47. The van der Waals surface area contributed by atoms with Gasteiger partial charge in [0, 0.05) is 18.1 Å². The molecule has 0 radical (unpaired) electrons. The molecule has 0 unspecified atom stereocenters. The van der Waals surface area contributed by atoms with E-state index in [4.69, 9.17) is 0 Å². The van der Waals surface area contributed by atoms with Crippen molar-refractivity contribution in [3.05, 3.63) is 32.4 Å². The van der Waals surface area contributed by atoms with E-state index in [0.717, 1.165) is 4.88 Å². The molecule has 0 saturated carbocycles. The Balaban J connectivity index is 2.30. The topological polar surface area (TPSA) is 106 Å². The monoisotopic (exact) mass is 280 g/mol. The standard InChI is InChI=1S/C10H12N6O2S/c1-6-8(16(17)18)9(15-10(11-2)14-6)13-4-7-3-12-5-19-7/h3,5H,4H2,1-2H3,(H2,11,13,14,15). The maximum Gasteiger partial charge on any atom is 0.332 e. The predicted molar refractivity (Wildman–Crippen MR) is 72.4 cm³/mol. The van der Waals surface area contributed by atoms with Crippen molar-refractivity contribution in [3.8, 4) is 0 Å². The molecule has 0 aliphatic heterocycles. The lowest BCUT2D eigenvalue weighted by atomic mass is 10.3. The molecule has 8 nitrogen and oxygen atoms in total. The second kappa shape index (κ2) is 5.57. The van der Waals surface area contributed by atoms with Gasteiger partial charge >= 0.3 is 5.69 Å². The molecule has 100 valence electrons. The molecule has 2 rings (SSSR count). The molecule has 2 heterocycles. The van der Waals surface area contributed by atoms with Gasteiger partial charge in [0.05, 0.1) is 17.0 Å². The Kier molecular flexibility index (Phi) is 3.85.